The Morgan fingerprint density at radius 2 is 1.86 bits per heavy atom. The number of rotatable bonds is 6. The average Bonchev–Trinajstić information content (AvgIpc) is 2.45. The monoisotopic (exact) mass is 306 g/mol. The van der Waals surface area contributed by atoms with Crippen molar-refractivity contribution in [1.82, 2.24) is 5.32 Å². The van der Waals surface area contributed by atoms with E-state index in [1.54, 1.807) is 5.32 Å². The lowest BCUT2D eigenvalue weighted by molar-refractivity contribution is -0.163. The molecule has 0 heterocycles. The third-order valence-corrected chi connectivity index (χ3v) is 2.53. The molecule has 0 aliphatic carbocycles. The van der Waals surface area contributed by atoms with Gasteiger partial charge in [0.25, 0.3) is 5.91 Å². The molecular weight excluding hydrogens is 292 g/mol. The van der Waals surface area contributed by atoms with E-state index in [0.717, 1.165) is 0 Å². The van der Waals surface area contributed by atoms with E-state index in [1.807, 2.05) is 6.92 Å². The summed E-state index contributed by atoms with van der Waals surface area (Å²) >= 11 is 0. The molecule has 2 N–H and O–H groups in total. The molecule has 0 aliphatic rings. The summed E-state index contributed by atoms with van der Waals surface area (Å²) in [5.41, 5.74) is -0.333. The number of nitrogens with one attached hydrogen (secondary N) is 2. The second kappa shape index (κ2) is 7.05. The smallest absolute Gasteiger partial charge is 0.352 e. The number of amides is 2. The highest BCUT2D eigenvalue weighted by molar-refractivity contribution is 6.05. The van der Waals surface area contributed by atoms with Gasteiger partial charge in [-0.1, -0.05) is 19.1 Å². The number of carbonyl (C=O) groups excluding carboxylic acids is 2. The largest absolute Gasteiger partial charge is 0.383 e. The van der Waals surface area contributed by atoms with Crippen LogP contribution >= 0.6 is 0 Å². The molecule has 0 fully saturated rings. The molecule has 8 heteroatoms. The van der Waals surface area contributed by atoms with Crippen LogP contribution in [-0.2, 0) is 4.79 Å². The number of alkyl halides is 4. The maximum absolute atomic E-state index is 12.9. The summed E-state index contributed by atoms with van der Waals surface area (Å²) in [7, 11) is 0. The van der Waals surface area contributed by atoms with Crippen LogP contribution in [0.2, 0.25) is 0 Å². The fourth-order valence-corrected chi connectivity index (χ4v) is 1.43. The highest BCUT2D eigenvalue weighted by atomic mass is 19.3. The van der Waals surface area contributed by atoms with Crippen molar-refractivity contribution in [3.05, 3.63) is 29.8 Å². The van der Waals surface area contributed by atoms with Gasteiger partial charge in [0.2, 0.25) is 0 Å². The van der Waals surface area contributed by atoms with E-state index in [1.165, 1.54) is 24.3 Å². The van der Waals surface area contributed by atoms with Crippen LogP contribution in [-0.4, -0.2) is 30.7 Å². The van der Waals surface area contributed by atoms with Crippen molar-refractivity contribution in [2.45, 2.75) is 25.7 Å². The van der Waals surface area contributed by atoms with Crippen LogP contribution in [0.25, 0.3) is 0 Å². The van der Waals surface area contributed by atoms with E-state index in [2.05, 4.69) is 5.32 Å². The molecule has 116 valence electrons. The Morgan fingerprint density at radius 1 is 1.24 bits per heavy atom. The Balaban J connectivity index is 2.94. The van der Waals surface area contributed by atoms with Crippen LogP contribution < -0.4 is 10.6 Å². The molecule has 0 aromatic heterocycles. The third kappa shape index (κ3) is 4.17. The minimum absolute atomic E-state index is 0.0793. The molecule has 0 aliphatic heterocycles. The number of hydrogen-bond donors (Lipinski definition) is 2. The number of carbonyl (C=O) groups is 2. The van der Waals surface area contributed by atoms with Crippen LogP contribution in [0.5, 0.6) is 0 Å². The van der Waals surface area contributed by atoms with E-state index < -0.39 is 24.2 Å². The van der Waals surface area contributed by atoms with Crippen molar-refractivity contribution in [3.8, 4) is 0 Å². The molecule has 4 nitrogen and oxygen atoms in total. The van der Waals surface area contributed by atoms with Gasteiger partial charge in [-0.2, -0.15) is 8.78 Å². The summed E-state index contributed by atoms with van der Waals surface area (Å²) in [6.45, 7) is 2.17. The Kier molecular flexibility index (Phi) is 5.69. The van der Waals surface area contributed by atoms with Gasteiger partial charge in [0, 0.05) is 6.54 Å². The lowest BCUT2D eigenvalue weighted by Gasteiger charge is -2.16. The first-order valence-electron chi connectivity index (χ1n) is 6.15. The maximum Gasteiger partial charge on any atom is 0.383 e. The summed E-state index contributed by atoms with van der Waals surface area (Å²) < 4.78 is 50.0. The molecule has 21 heavy (non-hydrogen) atoms. The van der Waals surface area contributed by atoms with Gasteiger partial charge in [0.15, 0.2) is 0 Å². The normalized spacial score (nSPS) is 11.3. The molecule has 0 bridgehead atoms. The fraction of sp³-hybridized carbons (Fsp3) is 0.385. The summed E-state index contributed by atoms with van der Waals surface area (Å²) in [5, 5.41) is 4.16. The zero-order valence-corrected chi connectivity index (χ0v) is 11.1. The Hall–Kier alpha value is -2.12. The Bertz CT molecular complexity index is 521. The summed E-state index contributed by atoms with van der Waals surface area (Å²) in [6, 6.07) is 5.32. The summed E-state index contributed by atoms with van der Waals surface area (Å²) in [4.78, 5) is 23.0. The van der Waals surface area contributed by atoms with Crippen molar-refractivity contribution in [2.24, 2.45) is 0 Å². The van der Waals surface area contributed by atoms with Crippen molar-refractivity contribution in [1.29, 1.82) is 0 Å². The fourth-order valence-electron chi connectivity index (χ4n) is 1.43. The second-order valence-corrected chi connectivity index (χ2v) is 4.18. The zero-order valence-electron chi connectivity index (χ0n) is 11.1. The van der Waals surface area contributed by atoms with Gasteiger partial charge in [-0.3, -0.25) is 9.59 Å². The molecule has 0 unspecified atom stereocenters. The van der Waals surface area contributed by atoms with Gasteiger partial charge >= 0.3 is 18.3 Å². The lowest BCUT2D eigenvalue weighted by atomic mass is 10.1. The van der Waals surface area contributed by atoms with Crippen molar-refractivity contribution in [2.75, 3.05) is 11.9 Å². The molecule has 0 spiro atoms. The van der Waals surface area contributed by atoms with Crippen LogP contribution in [0.3, 0.4) is 0 Å². The van der Waals surface area contributed by atoms with Crippen LogP contribution in [0.1, 0.15) is 23.7 Å². The number of halogens is 4. The van der Waals surface area contributed by atoms with Crippen LogP contribution in [0.4, 0.5) is 23.2 Å². The van der Waals surface area contributed by atoms with E-state index in [0.29, 0.717) is 13.0 Å². The quantitative estimate of drug-likeness (QED) is 0.794. The molecule has 0 radical (unpaired) electrons. The summed E-state index contributed by atoms with van der Waals surface area (Å²) in [6.07, 6.45) is -3.47. The topological polar surface area (TPSA) is 58.2 Å². The molecule has 1 aromatic rings. The second-order valence-electron chi connectivity index (χ2n) is 4.18. The Labute approximate surface area is 118 Å². The average molecular weight is 306 g/mol. The standard InChI is InChI=1S/C13H14F4N2O2/c1-2-7-18-10(20)8-5-3-4-6-9(8)19-12(21)13(16,17)11(14)15/h3-6,11H,2,7H2,1H3,(H,18,20)(H,19,21). The van der Waals surface area contributed by atoms with Gasteiger partial charge < -0.3 is 10.6 Å². The minimum atomic E-state index is -4.83. The molecular formula is C13H14F4N2O2. The minimum Gasteiger partial charge on any atom is -0.352 e. The Morgan fingerprint density at radius 3 is 2.43 bits per heavy atom. The van der Waals surface area contributed by atoms with Gasteiger partial charge in [-0.25, -0.2) is 8.78 Å². The first-order chi connectivity index (χ1) is 9.80. The number of anilines is 1. The van der Waals surface area contributed by atoms with Gasteiger partial charge in [0.05, 0.1) is 11.3 Å². The van der Waals surface area contributed by atoms with Gasteiger partial charge in [0.1, 0.15) is 0 Å². The number of hydrogen-bond acceptors (Lipinski definition) is 2. The molecule has 2 amide bonds. The van der Waals surface area contributed by atoms with Crippen molar-refractivity contribution >= 4 is 17.5 Å². The molecule has 0 atom stereocenters. The molecule has 0 saturated heterocycles. The molecule has 1 rings (SSSR count). The predicted octanol–water partition coefficient (Wildman–Crippen LogP) is 2.67. The number of benzene rings is 1. The van der Waals surface area contributed by atoms with Crippen LogP contribution in [0.15, 0.2) is 24.3 Å². The molecule has 0 saturated carbocycles. The predicted molar refractivity (Wildman–Crippen MR) is 68.6 cm³/mol. The van der Waals surface area contributed by atoms with Crippen molar-refractivity contribution < 1.29 is 27.2 Å². The first kappa shape index (κ1) is 16.9. The number of para-hydroxylation sites is 1. The van der Waals surface area contributed by atoms with Crippen LogP contribution in [0, 0.1) is 0 Å². The van der Waals surface area contributed by atoms with E-state index >= 15 is 0 Å². The van der Waals surface area contributed by atoms with Gasteiger partial charge in [-0.15, -0.1) is 0 Å². The van der Waals surface area contributed by atoms with E-state index in [9.17, 15) is 27.2 Å². The highest BCUT2D eigenvalue weighted by Gasteiger charge is 2.49. The lowest BCUT2D eigenvalue weighted by Crippen LogP contribution is -2.41. The maximum atomic E-state index is 12.9. The van der Waals surface area contributed by atoms with Gasteiger partial charge in [-0.05, 0) is 18.6 Å². The SMILES string of the molecule is CCCNC(=O)c1ccccc1NC(=O)C(F)(F)C(F)F. The molecule has 1 aromatic carbocycles. The third-order valence-electron chi connectivity index (χ3n) is 2.53. The van der Waals surface area contributed by atoms with E-state index in [4.69, 9.17) is 0 Å². The first-order valence-corrected chi connectivity index (χ1v) is 6.15. The highest BCUT2D eigenvalue weighted by Crippen LogP contribution is 2.25. The van der Waals surface area contributed by atoms with E-state index in [-0.39, 0.29) is 11.3 Å². The van der Waals surface area contributed by atoms with Crippen molar-refractivity contribution in [3.63, 3.8) is 0 Å². The summed E-state index contributed by atoms with van der Waals surface area (Å²) in [5.74, 6) is -7.58. The zero-order chi connectivity index (χ0) is 16.0.